The third-order valence-electron chi connectivity index (χ3n) is 4.90. The molecule has 2 aromatic rings. The Bertz CT molecular complexity index is 859. The molecule has 1 heterocycles. The summed E-state index contributed by atoms with van der Waals surface area (Å²) in [6, 6.07) is 8.60. The second-order valence-corrected chi connectivity index (χ2v) is 8.26. The van der Waals surface area contributed by atoms with E-state index < -0.39 is 17.8 Å². The van der Waals surface area contributed by atoms with Crippen LogP contribution < -0.4 is 5.32 Å². The molecule has 0 radical (unpaired) electrons. The fourth-order valence-electron chi connectivity index (χ4n) is 3.60. The normalized spacial score (nSPS) is 17.5. The molecule has 3 rings (SSSR count). The average molecular weight is 408 g/mol. The predicted molar refractivity (Wildman–Crippen MR) is 108 cm³/mol. The zero-order valence-corrected chi connectivity index (χ0v) is 16.9. The number of nitrogens with zero attached hydrogens (tertiary/aromatic N) is 1. The van der Waals surface area contributed by atoms with E-state index in [1.165, 1.54) is 6.07 Å². The van der Waals surface area contributed by atoms with Gasteiger partial charge in [0.05, 0.1) is 11.6 Å². The summed E-state index contributed by atoms with van der Waals surface area (Å²) in [4.78, 5) is 14.6. The van der Waals surface area contributed by atoms with Crippen LogP contribution in [0.3, 0.4) is 0 Å². The largest absolute Gasteiger partial charge is 0.416 e. The molecule has 1 fully saturated rings. The summed E-state index contributed by atoms with van der Waals surface area (Å²) in [5.41, 5.74) is 3.63. The summed E-state index contributed by atoms with van der Waals surface area (Å²) < 4.78 is 39.3. The number of aryl methyl sites for hydroxylation is 3. The van der Waals surface area contributed by atoms with Crippen LogP contribution in [-0.2, 0) is 6.18 Å². The lowest BCUT2D eigenvalue weighted by atomic mass is 10.0. The monoisotopic (exact) mass is 408 g/mol. The van der Waals surface area contributed by atoms with Gasteiger partial charge in [0.1, 0.15) is 0 Å². The van der Waals surface area contributed by atoms with Crippen molar-refractivity contribution >= 4 is 23.5 Å². The van der Waals surface area contributed by atoms with E-state index in [1.807, 2.05) is 32.9 Å². The lowest BCUT2D eigenvalue weighted by Crippen LogP contribution is -2.43. The molecule has 0 saturated carbocycles. The van der Waals surface area contributed by atoms with E-state index in [2.05, 4.69) is 5.32 Å². The van der Waals surface area contributed by atoms with Crippen LogP contribution in [0.15, 0.2) is 36.4 Å². The first-order valence-corrected chi connectivity index (χ1v) is 10.2. The van der Waals surface area contributed by atoms with E-state index >= 15 is 0 Å². The van der Waals surface area contributed by atoms with Gasteiger partial charge in [-0.1, -0.05) is 29.8 Å². The molecule has 1 aliphatic rings. The molecule has 0 aromatic heterocycles. The molecule has 1 aliphatic heterocycles. The molecule has 2 aromatic carbocycles. The number of anilines is 1. The number of amides is 2. The van der Waals surface area contributed by atoms with Crippen molar-refractivity contribution in [1.29, 1.82) is 0 Å². The number of urea groups is 1. The third-order valence-corrected chi connectivity index (χ3v) is 5.92. The van der Waals surface area contributed by atoms with Crippen LogP contribution in [0.2, 0.25) is 0 Å². The molecule has 0 aliphatic carbocycles. The van der Waals surface area contributed by atoms with E-state index in [9.17, 15) is 18.0 Å². The number of thioether (sulfide) groups is 1. The van der Waals surface area contributed by atoms with E-state index in [4.69, 9.17) is 0 Å². The van der Waals surface area contributed by atoms with Crippen LogP contribution in [-0.4, -0.2) is 29.0 Å². The Morgan fingerprint density at radius 1 is 1.14 bits per heavy atom. The number of nitrogens with one attached hydrogen (secondary N) is 1. The molecular weight excluding hydrogens is 385 g/mol. The standard InChI is InChI=1S/C21H23F3N2OS/c1-13-9-14(2)19(15(3)10-13)25-20(27)26-7-8-28-12-18(26)16-5-4-6-17(11-16)21(22,23)24/h4-6,9-11,18H,7-8,12H2,1-3H3,(H,25,27)/t18-/m0/s1. The van der Waals surface area contributed by atoms with Crippen molar-refractivity contribution in [2.45, 2.75) is 33.0 Å². The Kier molecular flexibility index (Phi) is 5.93. The lowest BCUT2D eigenvalue weighted by molar-refractivity contribution is -0.137. The Morgan fingerprint density at radius 3 is 2.46 bits per heavy atom. The van der Waals surface area contributed by atoms with Gasteiger partial charge in [0, 0.05) is 23.7 Å². The van der Waals surface area contributed by atoms with Crippen molar-refractivity contribution in [3.63, 3.8) is 0 Å². The Hall–Kier alpha value is -2.15. The third kappa shape index (κ3) is 4.46. The smallest absolute Gasteiger partial charge is 0.316 e. The van der Waals surface area contributed by atoms with Gasteiger partial charge in [-0.05, 0) is 49.6 Å². The highest BCUT2D eigenvalue weighted by molar-refractivity contribution is 7.99. The van der Waals surface area contributed by atoms with Crippen molar-refractivity contribution in [2.75, 3.05) is 23.4 Å². The van der Waals surface area contributed by atoms with Gasteiger partial charge in [0.15, 0.2) is 0 Å². The van der Waals surface area contributed by atoms with E-state index in [-0.39, 0.29) is 6.03 Å². The molecule has 150 valence electrons. The molecule has 0 unspecified atom stereocenters. The van der Waals surface area contributed by atoms with E-state index in [0.29, 0.717) is 17.9 Å². The zero-order chi connectivity index (χ0) is 20.5. The number of halogens is 3. The van der Waals surface area contributed by atoms with Crippen molar-refractivity contribution < 1.29 is 18.0 Å². The van der Waals surface area contributed by atoms with Crippen molar-refractivity contribution in [3.05, 3.63) is 64.2 Å². The maximum absolute atomic E-state index is 13.1. The van der Waals surface area contributed by atoms with Crippen LogP contribution in [0, 0.1) is 20.8 Å². The molecule has 3 nitrogen and oxygen atoms in total. The molecule has 7 heteroatoms. The summed E-state index contributed by atoms with van der Waals surface area (Å²) in [5.74, 6) is 1.33. The number of rotatable bonds is 2. The zero-order valence-electron chi connectivity index (χ0n) is 16.1. The Balaban J connectivity index is 1.87. The Morgan fingerprint density at radius 2 is 1.82 bits per heavy atom. The molecule has 0 bridgehead atoms. The van der Waals surface area contributed by atoms with Gasteiger partial charge in [0.25, 0.3) is 0 Å². The second kappa shape index (κ2) is 8.07. The highest BCUT2D eigenvalue weighted by Gasteiger charge is 2.33. The maximum atomic E-state index is 13.1. The van der Waals surface area contributed by atoms with Gasteiger partial charge >= 0.3 is 12.2 Å². The van der Waals surface area contributed by atoms with Crippen LogP contribution >= 0.6 is 11.8 Å². The maximum Gasteiger partial charge on any atom is 0.416 e. The van der Waals surface area contributed by atoms with Gasteiger partial charge < -0.3 is 10.2 Å². The first kappa shape index (κ1) is 20.6. The minimum Gasteiger partial charge on any atom is -0.316 e. The van der Waals surface area contributed by atoms with Crippen molar-refractivity contribution in [2.24, 2.45) is 0 Å². The van der Waals surface area contributed by atoms with Crippen LogP contribution in [0.25, 0.3) is 0 Å². The minimum atomic E-state index is -4.40. The molecule has 0 spiro atoms. The summed E-state index contributed by atoms with van der Waals surface area (Å²) in [5, 5.41) is 2.98. The summed E-state index contributed by atoms with van der Waals surface area (Å²) in [7, 11) is 0. The average Bonchev–Trinajstić information content (AvgIpc) is 2.64. The summed E-state index contributed by atoms with van der Waals surface area (Å²) in [6.45, 7) is 6.36. The number of hydrogen-bond donors (Lipinski definition) is 1. The van der Waals surface area contributed by atoms with Crippen molar-refractivity contribution in [3.8, 4) is 0 Å². The molecule has 28 heavy (non-hydrogen) atoms. The number of carbonyl (C=O) groups excluding carboxylic acids is 1. The predicted octanol–water partition coefficient (Wildman–Crippen LogP) is 5.95. The molecule has 1 saturated heterocycles. The second-order valence-electron chi connectivity index (χ2n) is 7.11. The summed E-state index contributed by atoms with van der Waals surface area (Å²) >= 11 is 1.64. The fraction of sp³-hybridized carbons (Fsp3) is 0.381. The van der Waals surface area contributed by atoms with Gasteiger partial charge in [-0.2, -0.15) is 24.9 Å². The Labute approximate surface area is 167 Å². The number of alkyl halides is 3. The quantitative estimate of drug-likeness (QED) is 0.666. The first-order valence-electron chi connectivity index (χ1n) is 9.07. The lowest BCUT2D eigenvalue weighted by Gasteiger charge is -2.36. The number of benzene rings is 2. The van der Waals surface area contributed by atoms with Crippen LogP contribution in [0.1, 0.15) is 33.9 Å². The molecular formula is C21H23F3N2OS. The fourth-order valence-corrected chi connectivity index (χ4v) is 4.69. The van der Waals surface area contributed by atoms with E-state index in [1.54, 1.807) is 22.7 Å². The SMILES string of the molecule is Cc1cc(C)c(NC(=O)N2CCSC[C@H]2c2cccc(C(F)(F)F)c2)c(C)c1. The highest BCUT2D eigenvalue weighted by atomic mass is 32.2. The highest BCUT2D eigenvalue weighted by Crippen LogP contribution is 2.35. The van der Waals surface area contributed by atoms with Gasteiger partial charge in [-0.15, -0.1) is 0 Å². The minimum absolute atomic E-state index is 0.280. The van der Waals surface area contributed by atoms with Crippen LogP contribution in [0.4, 0.5) is 23.7 Å². The van der Waals surface area contributed by atoms with E-state index in [0.717, 1.165) is 40.3 Å². The van der Waals surface area contributed by atoms with Gasteiger partial charge in [-0.3, -0.25) is 0 Å². The molecule has 1 atom stereocenters. The van der Waals surface area contributed by atoms with Crippen LogP contribution in [0.5, 0.6) is 0 Å². The molecule has 1 N–H and O–H groups in total. The first-order chi connectivity index (χ1) is 13.2. The summed E-state index contributed by atoms with van der Waals surface area (Å²) in [6.07, 6.45) is -4.40. The van der Waals surface area contributed by atoms with Gasteiger partial charge in [0.2, 0.25) is 0 Å². The number of carbonyl (C=O) groups is 1. The topological polar surface area (TPSA) is 32.3 Å². The number of hydrogen-bond acceptors (Lipinski definition) is 2. The molecule has 2 amide bonds. The van der Waals surface area contributed by atoms with Crippen molar-refractivity contribution in [1.82, 2.24) is 4.90 Å². The van der Waals surface area contributed by atoms with Gasteiger partial charge in [-0.25, -0.2) is 4.79 Å².